The number of carbonyl (C=O) groups is 3. The number of carbonyl (C=O) groups excluding carboxylic acids is 3. The van der Waals surface area contributed by atoms with Crippen LogP contribution in [0.1, 0.15) is 94.2 Å². The summed E-state index contributed by atoms with van der Waals surface area (Å²) in [5.74, 6) is 2.23. The van der Waals surface area contributed by atoms with Crippen LogP contribution < -0.4 is 26.0 Å². The van der Waals surface area contributed by atoms with Crippen molar-refractivity contribution in [1.82, 2.24) is 49.4 Å². The molecule has 0 aliphatic carbocycles. The van der Waals surface area contributed by atoms with E-state index in [0.717, 1.165) is 101 Å². The number of benzene rings is 3. The van der Waals surface area contributed by atoms with E-state index in [1.54, 1.807) is 36.0 Å². The molecule has 5 atom stereocenters. The molecule has 10 heterocycles. The van der Waals surface area contributed by atoms with Gasteiger partial charge in [-0.15, -0.1) is 6.42 Å². The highest BCUT2D eigenvalue weighted by atomic mass is 19.1. The van der Waals surface area contributed by atoms with Gasteiger partial charge in [-0.1, -0.05) is 36.3 Å². The molecule has 3 unspecified atom stereocenters. The first-order valence-corrected chi connectivity index (χ1v) is 28.0. The molecule has 2 bridgehead atoms. The monoisotopic (exact) mass is 1060 g/mol. The maximum atomic E-state index is 17.2. The van der Waals surface area contributed by atoms with Crippen molar-refractivity contribution in [2.45, 2.75) is 113 Å². The van der Waals surface area contributed by atoms with E-state index in [4.69, 9.17) is 25.9 Å². The standard InChI is InChI=1S/C59H65F2N11O6/c1-3-42-45(60)12-9-38-6-4-7-43(50(38)42)52-51(61)53-44(29-62-52)54(70-31-39-10-11-40(32-70)63-39)66-56(65-53)78-34-59-21-5-23-71(59)41(16-22-59)33-77-58(76)69-26-19-37(20-27-69)36-17-24-68(25-18-36)30-35-8-13-46-48(28-35)67(2)57(75)72(46)47-14-15-49(73)64-55(47)74/h1,4,6-9,12-13,28-29,36-37,39-41,47,63H,5,10-11,14-27,30-34H2,2H3,(H,64,73,74)/t39?,40?,41-,47?,59-/m0/s1. The topological polar surface area (TPSA) is 172 Å². The third kappa shape index (κ3) is 9.02. The summed E-state index contributed by atoms with van der Waals surface area (Å²) in [6, 6.07) is 14.3. The van der Waals surface area contributed by atoms with Gasteiger partial charge < -0.3 is 24.6 Å². The first kappa shape index (κ1) is 50.5. The maximum absolute atomic E-state index is 17.2. The van der Waals surface area contributed by atoms with Crippen LogP contribution in [0.25, 0.3) is 44.0 Å². The second-order valence-corrected chi connectivity index (χ2v) is 23.0. The van der Waals surface area contributed by atoms with Gasteiger partial charge in [-0.25, -0.2) is 18.4 Å². The number of aromatic nitrogens is 5. The molecule has 3 amide bonds. The van der Waals surface area contributed by atoms with Crippen LogP contribution in [0, 0.1) is 35.8 Å². The lowest BCUT2D eigenvalue weighted by atomic mass is 9.79. The third-order valence-electron chi connectivity index (χ3n) is 18.6. The number of piperazine rings is 1. The molecule has 0 radical (unpaired) electrons. The number of halogens is 2. The number of hydrogen-bond acceptors (Lipinski definition) is 13. The van der Waals surface area contributed by atoms with Crippen LogP contribution in [0.15, 0.2) is 59.5 Å². The van der Waals surface area contributed by atoms with Gasteiger partial charge in [0.2, 0.25) is 11.8 Å². The molecule has 0 saturated carbocycles. The number of rotatable bonds is 11. The average molecular weight is 1060 g/mol. The summed E-state index contributed by atoms with van der Waals surface area (Å²) in [6.07, 6.45) is 17.5. The molecule has 17 nitrogen and oxygen atoms in total. The Hall–Kier alpha value is -7.01. The highest BCUT2D eigenvalue weighted by Gasteiger charge is 2.50. The van der Waals surface area contributed by atoms with Gasteiger partial charge in [-0.2, -0.15) is 9.97 Å². The summed E-state index contributed by atoms with van der Waals surface area (Å²) in [7, 11) is 1.73. The second kappa shape index (κ2) is 20.3. The number of anilines is 1. The number of nitrogens with zero attached hydrogens (tertiary/aromatic N) is 9. The second-order valence-electron chi connectivity index (χ2n) is 23.0. The molecule has 78 heavy (non-hydrogen) atoms. The minimum absolute atomic E-state index is 0.0184. The van der Waals surface area contributed by atoms with E-state index in [0.29, 0.717) is 103 Å². The molecular weight excluding hydrogens is 997 g/mol. The lowest BCUT2D eigenvalue weighted by Gasteiger charge is -2.40. The first-order valence-electron chi connectivity index (χ1n) is 28.0. The molecule has 6 aromatic rings. The number of ether oxygens (including phenoxy) is 2. The van der Waals surface area contributed by atoms with E-state index in [9.17, 15) is 19.2 Å². The van der Waals surface area contributed by atoms with Crippen LogP contribution in [-0.2, 0) is 27.9 Å². The van der Waals surface area contributed by atoms with Crippen LogP contribution >= 0.6 is 0 Å². The Labute approximate surface area is 450 Å². The Morgan fingerprint density at radius 2 is 1.67 bits per heavy atom. The van der Waals surface area contributed by atoms with Crippen molar-refractivity contribution in [3.8, 4) is 29.6 Å². The molecule has 0 spiro atoms. The molecule has 2 N–H and O–H groups in total. The zero-order valence-corrected chi connectivity index (χ0v) is 44.0. The number of likely N-dealkylation sites (tertiary alicyclic amines) is 2. The lowest BCUT2D eigenvalue weighted by molar-refractivity contribution is -0.135. The number of aryl methyl sites for hydroxylation is 1. The summed E-state index contributed by atoms with van der Waals surface area (Å²) in [5.41, 5.74) is 2.52. The van der Waals surface area contributed by atoms with Gasteiger partial charge in [-0.3, -0.25) is 38.8 Å². The number of amides is 3. The largest absolute Gasteiger partial charge is 0.461 e. The van der Waals surface area contributed by atoms with Crippen molar-refractivity contribution >= 4 is 56.4 Å². The van der Waals surface area contributed by atoms with Crippen LogP contribution in [0.3, 0.4) is 0 Å². The first-order chi connectivity index (χ1) is 37.9. The number of hydrogen-bond donors (Lipinski definition) is 2. The van der Waals surface area contributed by atoms with E-state index >= 15 is 8.78 Å². The lowest BCUT2D eigenvalue weighted by Crippen LogP contribution is -2.51. The number of pyridine rings is 1. The Bertz CT molecular complexity index is 3480. The predicted octanol–water partition coefficient (Wildman–Crippen LogP) is 6.81. The van der Waals surface area contributed by atoms with Gasteiger partial charge in [-0.05, 0) is 131 Å². The van der Waals surface area contributed by atoms with Crippen molar-refractivity contribution in [2.24, 2.45) is 18.9 Å². The minimum atomic E-state index is -0.707. The molecule has 406 valence electrons. The summed E-state index contributed by atoms with van der Waals surface area (Å²) >= 11 is 0. The SMILES string of the molecule is C#Cc1c(F)ccc2cccc(-c3ncc4c(N5CC6CCC(C5)N6)nc(OC[C@@]56CCCN5[C@H](COC(=O)N5CCC(C7CCN(Cc8ccc9c(c8)n(C)c(=O)n9C8CCC(=O)NC8=O)CC7)CC5)CC6)nc4c3F)c12. The fraction of sp³-hybridized carbons (Fsp3) is 0.508. The fourth-order valence-electron chi connectivity index (χ4n) is 14.6. The summed E-state index contributed by atoms with van der Waals surface area (Å²) in [6.45, 7) is 6.95. The summed E-state index contributed by atoms with van der Waals surface area (Å²) < 4.78 is 48.1. The van der Waals surface area contributed by atoms with E-state index < -0.39 is 23.6 Å². The third-order valence-corrected chi connectivity index (χ3v) is 18.6. The molecular formula is C59H65F2N11O6. The van der Waals surface area contributed by atoms with E-state index in [2.05, 4.69) is 36.2 Å². The number of nitrogens with one attached hydrogen (secondary N) is 2. The van der Waals surface area contributed by atoms with Gasteiger partial charge in [0.1, 0.15) is 42.1 Å². The Kier molecular flexibility index (Phi) is 13.2. The highest BCUT2D eigenvalue weighted by Crippen LogP contribution is 2.44. The number of fused-ring (bicyclic) bond motifs is 6. The molecule has 13 rings (SSSR count). The van der Waals surface area contributed by atoms with E-state index in [1.165, 1.54) is 10.6 Å². The quantitative estimate of drug-likeness (QED) is 0.103. The smallest absolute Gasteiger partial charge is 0.409 e. The van der Waals surface area contributed by atoms with Gasteiger partial charge in [0.05, 0.1) is 27.5 Å². The minimum Gasteiger partial charge on any atom is -0.461 e. The molecule has 7 fully saturated rings. The fourth-order valence-corrected chi connectivity index (χ4v) is 14.6. The number of imide groups is 1. The molecule has 7 saturated heterocycles. The van der Waals surface area contributed by atoms with Crippen LogP contribution in [0.4, 0.5) is 19.4 Å². The number of piperidine rings is 3. The normalized spacial score (nSPS) is 25.3. The molecule has 19 heteroatoms. The van der Waals surface area contributed by atoms with E-state index in [-0.39, 0.29) is 58.5 Å². The van der Waals surface area contributed by atoms with Crippen molar-refractivity contribution in [1.29, 1.82) is 0 Å². The Morgan fingerprint density at radius 1 is 0.885 bits per heavy atom. The van der Waals surface area contributed by atoms with Gasteiger partial charge >= 0.3 is 17.8 Å². The van der Waals surface area contributed by atoms with Gasteiger partial charge in [0, 0.05) is 81.5 Å². The summed E-state index contributed by atoms with van der Waals surface area (Å²) in [4.78, 5) is 74.8. The molecule has 3 aromatic carbocycles. The van der Waals surface area contributed by atoms with Gasteiger partial charge in [0.15, 0.2) is 5.82 Å². The summed E-state index contributed by atoms with van der Waals surface area (Å²) in [5, 5.41) is 7.62. The predicted molar refractivity (Wildman–Crippen MR) is 290 cm³/mol. The zero-order valence-electron chi connectivity index (χ0n) is 44.0. The maximum Gasteiger partial charge on any atom is 0.409 e. The Morgan fingerprint density at radius 3 is 2.44 bits per heavy atom. The Balaban J connectivity index is 0.627. The van der Waals surface area contributed by atoms with Crippen LogP contribution in [0.2, 0.25) is 0 Å². The zero-order chi connectivity index (χ0) is 53.4. The van der Waals surface area contributed by atoms with Crippen molar-refractivity contribution < 1.29 is 32.6 Å². The van der Waals surface area contributed by atoms with Crippen LogP contribution in [-0.4, -0.2) is 139 Å². The molecule has 7 aliphatic heterocycles. The van der Waals surface area contributed by atoms with Crippen molar-refractivity contribution in [3.05, 3.63) is 88.0 Å². The van der Waals surface area contributed by atoms with Gasteiger partial charge in [0.25, 0.3) is 0 Å². The molecule has 7 aliphatic rings. The van der Waals surface area contributed by atoms with Crippen LogP contribution in [0.5, 0.6) is 6.01 Å². The van der Waals surface area contributed by atoms with Crippen molar-refractivity contribution in [3.63, 3.8) is 0 Å². The van der Waals surface area contributed by atoms with Crippen molar-refractivity contribution in [2.75, 3.05) is 63.9 Å². The number of terminal acetylenes is 1. The van der Waals surface area contributed by atoms with E-state index in [1.807, 2.05) is 29.2 Å². The number of imidazole rings is 1. The highest BCUT2D eigenvalue weighted by molar-refractivity contribution is 6.02. The molecule has 3 aromatic heterocycles. The average Bonchev–Trinajstić information content (AvgIpc) is 4.36.